The predicted octanol–water partition coefficient (Wildman–Crippen LogP) is 2.99. The first-order chi connectivity index (χ1) is 9.73. The van der Waals surface area contributed by atoms with Crippen LogP contribution in [0.25, 0.3) is 0 Å². The van der Waals surface area contributed by atoms with E-state index in [1.54, 1.807) is 6.92 Å². The summed E-state index contributed by atoms with van der Waals surface area (Å²) in [6.45, 7) is 5.88. The first-order valence-electron chi connectivity index (χ1n) is 6.90. The first kappa shape index (κ1) is 19.8. The van der Waals surface area contributed by atoms with Gasteiger partial charge >= 0.3 is 0 Å². The van der Waals surface area contributed by atoms with Crippen LogP contribution in [0.4, 0.5) is 4.39 Å². The van der Waals surface area contributed by atoms with E-state index in [0.717, 1.165) is 25.9 Å². The molecule has 1 aromatic carbocycles. The van der Waals surface area contributed by atoms with E-state index in [-0.39, 0.29) is 27.2 Å². The Balaban J connectivity index is 0.00000242. The minimum Gasteiger partial charge on any atom is -0.317 e. The van der Waals surface area contributed by atoms with Crippen LogP contribution in [0.1, 0.15) is 25.3 Å². The normalized spacial score (nSPS) is 17.8. The Bertz CT molecular complexity index is 634. The molecule has 22 heavy (non-hydrogen) atoms. The van der Waals surface area contributed by atoms with Crippen molar-refractivity contribution in [2.75, 3.05) is 19.6 Å². The Morgan fingerprint density at radius 2 is 1.95 bits per heavy atom. The maximum Gasteiger partial charge on any atom is 0.240 e. The van der Waals surface area contributed by atoms with Crippen molar-refractivity contribution >= 4 is 38.4 Å². The van der Waals surface area contributed by atoms with Crippen LogP contribution in [0.5, 0.6) is 0 Å². The molecule has 0 aliphatic carbocycles. The number of nitrogens with one attached hydrogen (secondary N) is 2. The Kier molecular flexibility index (Phi) is 6.83. The van der Waals surface area contributed by atoms with Gasteiger partial charge in [0.15, 0.2) is 0 Å². The summed E-state index contributed by atoms with van der Waals surface area (Å²) < 4.78 is 41.1. The van der Waals surface area contributed by atoms with E-state index in [4.69, 9.17) is 0 Å². The smallest absolute Gasteiger partial charge is 0.240 e. The molecule has 2 N–H and O–H groups in total. The van der Waals surface area contributed by atoms with Gasteiger partial charge in [-0.2, -0.15) is 0 Å². The maximum absolute atomic E-state index is 13.4. The molecule has 1 heterocycles. The highest BCUT2D eigenvalue weighted by atomic mass is 79.9. The van der Waals surface area contributed by atoms with Gasteiger partial charge in [-0.25, -0.2) is 17.5 Å². The van der Waals surface area contributed by atoms with Crippen molar-refractivity contribution in [1.29, 1.82) is 0 Å². The molecule has 4 nitrogen and oxygen atoms in total. The molecule has 0 bridgehead atoms. The molecule has 1 aliphatic rings. The fraction of sp³-hybridized carbons (Fsp3) is 0.571. The second-order valence-electron chi connectivity index (χ2n) is 5.92. The van der Waals surface area contributed by atoms with Gasteiger partial charge in [0.2, 0.25) is 10.0 Å². The molecule has 0 atom stereocenters. The third-order valence-corrected chi connectivity index (χ3v) is 6.16. The van der Waals surface area contributed by atoms with E-state index >= 15 is 0 Å². The molecule has 126 valence electrons. The van der Waals surface area contributed by atoms with Crippen molar-refractivity contribution in [1.82, 2.24) is 10.0 Å². The molecule has 1 saturated heterocycles. The van der Waals surface area contributed by atoms with E-state index in [9.17, 15) is 12.8 Å². The number of hydrogen-bond acceptors (Lipinski definition) is 3. The van der Waals surface area contributed by atoms with Crippen LogP contribution < -0.4 is 10.0 Å². The Morgan fingerprint density at radius 1 is 1.36 bits per heavy atom. The van der Waals surface area contributed by atoms with E-state index in [1.807, 2.05) is 0 Å². The first-order valence-corrected chi connectivity index (χ1v) is 9.17. The van der Waals surface area contributed by atoms with Crippen molar-refractivity contribution in [3.05, 3.63) is 28.0 Å². The highest BCUT2D eigenvalue weighted by Crippen LogP contribution is 2.28. The molecule has 0 amide bonds. The second kappa shape index (κ2) is 7.57. The lowest BCUT2D eigenvalue weighted by Gasteiger charge is -2.34. The summed E-state index contributed by atoms with van der Waals surface area (Å²) in [6, 6.07) is 2.54. The van der Waals surface area contributed by atoms with Crippen LogP contribution in [-0.4, -0.2) is 28.1 Å². The lowest BCUT2D eigenvalue weighted by Crippen LogP contribution is -2.42. The molecule has 0 radical (unpaired) electrons. The number of piperidine rings is 1. The van der Waals surface area contributed by atoms with Crippen LogP contribution in [0, 0.1) is 18.2 Å². The Morgan fingerprint density at radius 3 is 2.55 bits per heavy atom. The lowest BCUT2D eigenvalue weighted by molar-refractivity contribution is 0.232. The summed E-state index contributed by atoms with van der Waals surface area (Å²) in [5.41, 5.74) is 0.363. The quantitative estimate of drug-likeness (QED) is 0.795. The van der Waals surface area contributed by atoms with Gasteiger partial charge in [-0.05, 0) is 71.9 Å². The molecule has 0 saturated carbocycles. The van der Waals surface area contributed by atoms with Crippen LogP contribution in [-0.2, 0) is 10.0 Å². The fourth-order valence-corrected chi connectivity index (χ4v) is 4.42. The van der Waals surface area contributed by atoms with Gasteiger partial charge in [0.1, 0.15) is 5.82 Å². The van der Waals surface area contributed by atoms with Gasteiger partial charge in [0.25, 0.3) is 0 Å². The zero-order valence-corrected chi connectivity index (χ0v) is 15.8. The largest absolute Gasteiger partial charge is 0.317 e. The van der Waals surface area contributed by atoms with Crippen LogP contribution in [0.15, 0.2) is 21.5 Å². The van der Waals surface area contributed by atoms with Crippen LogP contribution >= 0.6 is 28.3 Å². The lowest BCUT2D eigenvalue weighted by atomic mass is 9.81. The van der Waals surface area contributed by atoms with Crippen molar-refractivity contribution in [2.24, 2.45) is 5.41 Å². The van der Waals surface area contributed by atoms with Gasteiger partial charge in [0, 0.05) is 6.54 Å². The van der Waals surface area contributed by atoms with E-state index in [1.165, 1.54) is 12.1 Å². The summed E-state index contributed by atoms with van der Waals surface area (Å²) in [5.74, 6) is -0.461. The second-order valence-corrected chi connectivity index (χ2v) is 8.51. The highest BCUT2D eigenvalue weighted by molar-refractivity contribution is 9.10. The summed E-state index contributed by atoms with van der Waals surface area (Å²) in [7, 11) is -3.63. The average molecular weight is 416 g/mol. The predicted molar refractivity (Wildman–Crippen MR) is 91.5 cm³/mol. The zero-order chi connectivity index (χ0) is 15.7. The van der Waals surface area contributed by atoms with Gasteiger partial charge in [-0.3, -0.25) is 0 Å². The molecular formula is C14H21BrClFN2O2S. The van der Waals surface area contributed by atoms with Crippen molar-refractivity contribution < 1.29 is 12.8 Å². The highest BCUT2D eigenvalue weighted by Gasteiger charge is 2.29. The number of benzene rings is 1. The molecule has 0 aromatic heterocycles. The third kappa shape index (κ3) is 4.64. The maximum atomic E-state index is 13.4. The van der Waals surface area contributed by atoms with Crippen LogP contribution in [0.2, 0.25) is 0 Å². The monoisotopic (exact) mass is 414 g/mol. The summed E-state index contributed by atoms with van der Waals surface area (Å²) in [5, 5.41) is 3.27. The molecule has 8 heteroatoms. The Labute approximate surface area is 145 Å². The summed E-state index contributed by atoms with van der Waals surface area (Å²) in [6.07, 6.45) is 1.86. The van der Waals surface area contributed by atoms with Crippen LogP contribution in [0.3, 0.4) is 0 Å². The fourth-order valence-electron chi connectivity index (χ4n) is 2.47. The van der Waals surface area contributed by atoms with Gasteiger partial charge in [0.05, 0.1) is 9.37 Å². The topological polar surface area (TPSA) is 58.2 Å². The van der Waals surface area contributed by atoms with Gasteiger partial charge in [-0.1, -0.05) is 6.92 Å². The average Bonchev–Trinajstić information content (AvgIpc) is 2.42. The van der Waals surface area contributed by atoms with Gasteiger partial charge in [-0.15, -0.1) is 12.4 Å². The summed E-state index contributed by atoms with van der Waals surface area (Å²) >= 11 is 3.04. The number of rotatable bonds is 4. The minimum absolute atomic E-state index is 0. The van der Waals surface area contributed by atoms with Gasteiger partial charge < -0.3 is 5.32 Å². The molecule has 0 spiro atoms. The number of halogens is 3. The van der Waals surface area contributed by atoms with E-state index in [0.29, 0.717) is 12.1 Å². The molecular weight excluding hydrogens is 395 g/mol. The number of sulfonamides is 1. The minimum atomic E-state index is -3.63. The number of aryl methyl sites for hydroxylation is 1. The standard InChI is InChI=1S/C14H20BrFN2O2S.ClH/c1-10-7-12(16)11(15)8-13(10)21(19,20)18-9-14(2)3-5-17-6-4-14;/h7-8,17-18H,3-6,9H2,1-2H3;1H. The van der Waals surface area contributed by atoms with Crippen molar-refractivity contribution in [3.63, 3.8) is 0 Å². The summed E-state index contributed by atoms with van der Waals surface area (Å²) in [4.78, 5) is 0.119. The molecule has 1 aromatic rings. The molecule has 1 fully saturated rings. The van der Waals surface area contributed by atoms with Crippen molar-refractivity contribution in [2.45, 2.75) is 31.6 Å². The Hall–Kier alpha value is -0.210. The SMILES string of the molecule is Cc1cc(F)c(Br)cc1S(=O)(=O)NCC1(C)CCNCC1.Cl. The van der Waals surface area contributed by atoms with E-state index in [2.05, 4.69) is 32.9 Å². The third-order valence-electron chi connectivity index (χ3n) is 4.01. The molecule has 0 unspecified atom stereocenters. The van der Waals surface area contributed by atoms with E-state index < -0.39 is 15.8 Å². The molecule has 1 aliphatic heterocycles. The van der Waals surface area contributed by atoms with Crippen molar-refractivity contribution in [3.8, 4) is 0 Å². The number of hydrogen-bond donors (Lipinski definition) is 2. The zero-order valence-electron chi connectivity index (χ0n) is 12.6. The molecule has 2 rings (SSSR count).